The molecule has 1 fully saturated rings. The summed E-state index contributed by atoms with van der Waals surface area (Å²) in [6.45, 7) is 4.14. The molecule has 3 aromatic rings. The number of hydrogen-bond donors (Lipinski definition) is 1. The van der Waals surface area contributed by atoms with Gasteiger partial charge in [0.2, 0.25) is 6.29 Å². The zero-order chi connectivity index (χ0) is 30.4. The highest BCUT2D eigenvalue weighted by Gasteiger charge is 2.52. The first-order valence-electron chi connectivity index (χ1n) is 13.1. The van der Waals surface area contributed by atoms with Crippen molar-refractivity contribution in [2.75, 3.05) is 6.61 Å². The van der Waals surface area contributed by atoms with Crippen LogP contribution in [0.4, 0.5) is 0 Å². The van der Waals surface area contributed by atoms with Crippen molar-refractivity contribution in [2.24, 2.45) is 0 Å². The van der Waals surface area contributed by atoms with Gasteiger partial charge in [0.1, 0.15) is 18.8 Å². The molecule has 220 valence electrons. The minimum absolute atomic E-state index is 0.230. The molecule has 12 nitrogen and oxygen atoms in total. The highest BCUT2D eigenvalue weighted by molar-refractivity contribution is 6.07. The third kappa shape index (κ3) is 7.26. The highest BCUT2D eigenvalue weighted by Crippen LogP contribution is 2.30. The number of benzene rings is 2. The lowest BCUT2D eigenvalue weighted by molar-refractivity contribution is -0.270. The van der Waals surface area contributed by atoms with E-state index in [1.54, 1.807) is 30.3 Å². The van der Waals surface area contributed by atoms with Crippen LogP contribution >= 0.6 is 0 Å². The molecule has 5 atom stereocenters. The molecule has 0 saturated carbocycles. The number of carbonyl (C=O) groups is 5. The van der Waals surface area contributed by atoms with Gasteiger partial charge in [-0.15, -0.1) is 0 Å². The molecule has 2 aromatic carbocycles. The van der Waals surface area contributed by atoms with Crippen molar-refractivity contribution in [3.05, 3.63) is 66.2 Å². The fraction of sp³-hybridized carbons (Fsp3) is 0.333. The molecule has 1 N–H and O–H groups in total. The van der Waals surface area contributed by atoms with Crippen LogP contribution in [0.5, 0.6) is 0 Å². The Hall–Kier alpha value is -4.84. The monoisotopic (exact) mass is 578 g/mol. The second kappa shape index (κ2) is 13.2. The van der Waals surface area contributed by atoms with Gasteiger partial charge in [-0.25, -0.2) is 4.98 Å². The highest BCUT2D eigenvalue weighted by atomic mass is 16.7. The Kier molecular flexibility index (Phi) is 9.48. The summed E-state index contributed by atoms with van der Waals surface area (Å²) in [6, 6.07) is 16.6. The summed E-state index contributed by atoms with van der Waals surface area (Å²) in [6.07, 6.45) is -5.44. The van der Waals surface area contributed by atoms with Crippen molar-refractivity contribution >= 4 is 40.7 Å². The summed E-state index contributed by atoms with van der Waals surface area (Å²) >= 11 is 0. The molecule has 0 aliphatic carbocycles. The van der Waals surface area contributed by atoms with Crippen LogP contribution in [0.25, 0.3) is 22.2 Å². The fourth-order valence-corrected chi connectivity index (χ4v) is 4.67. The minimum Gasteiger partial charge on any atom is -0.463 e. The molecule has 1 aromatic heterocycles. The molecule has 1 saturated heterocycles. The predicted molar refractivity (Wildman–Crippen MR) is 147 cm³/mol. The lowest BCUT2D eigenvalue weighted by Crippen LogP contribution is -2.67. The van der Waals surface area contributed by atoms with Crippen LogP contribution in [0.15, 0.2) is 60.7 Å². The lowest BCUT2D eigenvalue weighted by atomic mass is 9.95. The maximum Gasteiger partial charge on any atom is 0.305 e. The van der Waals surface area contributed by atoms with Gasteiger partial charge in [0.15, 0.2) is 12.2 Å². The molecule has 0 spiro atoms. The number of esters is 4. The summed E-state index contributed by atoms with van der Waals surface area (Å²) in [7, 11) is 0. The predicted octanol–water partition coefficient (Wildman–Crippen LogP) is 2.71. The number of pyridine rings is 1. The topological polar surface area (TPSA) is 156 Å². The average Bonchev–Trinajstić information content (AvgIpc) is 2.94. The van der Waals surface area contributed by atoms with Gasteiger partial charge < -0.3 is 29.0 Å². The molecule has 1 aliphatic rings. The second-order valence-corrected chi connectivity index (χ2v) is 9.54. The van der Waals surface area contributed by atoms with Crippen molar-refractivity contribution in [2.45, 2.75) is 58.3 Å². The average molecular weight is 579 g/mol. The van der Waals surface area contributed by atoms with E-state index in [4.69, 9.17) is 28.7 Å². The number of fused-ring (bicyclic) bond motifs is 1. The Labute approximate surface area is 241 Å². The van der Waals surface area contributed by atoms with E-state index in [1.165, 1.54) is 6.92 Å². The Morgan fingerprint density at radius 1 is 0.786 bits per heavy atom. The van der Waals surface area contributed by atoms with Crippen molar-refractivity contribution < 1.29 is 47.7 Å². The lowest BCUT2D eigenvalue weighted by Gasteiger charge is -2.44. The van der Waals surface area contributed by atoms with Gasteiger partial charge in [0, 0.05) is 38.6 Å². The maximum absolute atomic E-state index is 13.9. The molecule has 4 rings (SSSR count). The number of ether oxygens (including phenoxy) is 5. The van der Waals surface area contributed by atoms with Crippen molar-refractivity contribution in [1.82, 2.24) is 10.3 Å². The molecular formula is C30H30N2O10. The number of nitrogens with zero attached hydrogens (tertiary/aromatic N) is 1. The van der Waals surface area contributed by atoms with Crippen molar-refractivity contribution in [3.63, 3.8) is 0 Å². The van der Waals surface area contributed by atoms with E-state index in [1.807, 2.05) is 30.3 Å². The van der Waals surface area contributed by atoms with E-state index in [9.17, 15) is 24.0 Å². The number of para-hydroxylation sites is 1. The third-order valence-corrected chi connectivity index (χ3v) is 6.31. The normalized spacial score (nSPS) is 21.6. The van der Waals surface area contributed by atoms with Crippen molar-refractivity contribution in [3.8, 4) is 11.3 Å². The summed E-state index contributed by atoms with van der Waals surface area (Å²) in [5.41, 5.74) is 2.09. The summed E-state index contributed by atoms with van der Waals surface area (Å²) in [5.74, 6) is -3.57. The number of rotatable bonds is 8. The van der Waals surface area contributed by atoms with Gasteiger partial charge in [-0.2, -0.15) is 0 Å². The van der Waals surface area contributed by atoms with Crippen LogP contribution in [0.2, 0.25) is 0 Å². The van der Waals surface area contributed by atoms with E-state index < -0.39 is 67.0 Å². The van der Waals surface area contributed by atoms with E-state index in [0.717, 1.165) is 26.3 Å². The largest absolute Gasteiger partial charge is 0.463 e. The van der Waals surface area contributed by atoms with Gasteiger partial charge in [0.25, 0.3) is 5.91 Å². The molecule has 12 heteroatoms. The minimum atomic E-state index is -1.51. The molecule has 0 radical (unpaired) electrons. The maximum atomic E-state index is 13.9. The number of nitrogens with one attached hydrogen (secondary N) is 1. The molecule has 0 unspecified atom stereocenters. The van der Waals surface area contributed by atoms with E-state index in [-0.39, 0.29) is 5.56 Å². The van der Waals surface area contributed by atoms with Gasteiger partial charge in [-0.3, -0.25) is 24.0 Å². The Morgan fingerprint density at radius 3 is 2.05 bits per heavy atom. The molecular weight excluding hydrogens is 548 g/mol. The van der Waals surface area contributed by atoms with Crippen LogP contribution in [0, 0.1) is 0 Å². The Morgan fingerprint density at radius 2 is 1.40 bits per heavy atom. The molecule has 42 heavy (non-hydrogen) atoms. The summed E-state index contributed by atoms with van der Waals surface area (Å²) in [5, 5.41) is 3.29. The van der Waals surface area contributed by atoms with Gasteiger partial charge in [-0.05, 0) is 12.1 Å². The van der Waals surface area contributed by atoms with Crippen LogP contribution < -0.4 is 5.32 Å². The first kappa shape index (κ1) is 30.1. The van der Waals surface area contributed by atoms with E-state index in [0.29, 0.717) is 16.6 Å². The quantitative estimate of drug-likeness (QED) is 0.310. The van der Waals surface area contributed by atoms with Gasteiger partial charge >= 0.3 is 23.9 Å². The Bertz CT molecular complexity index is 1490. The molecule has 1 aliphatic heterocycles. The zero-order valence-corrected chi connectivity index (χ0v) is 23.4. The number of hydrogen-bond acceptors (Lipinski definition) is 11. The van der Waals surface area contributed by atoms with E-state index >= 15 is 0 Å². The number of amides is 1. The standard InChI is InChI=1S/C30H30N2O10/c1-16(33)38-15-25-27(39-17(2)34)28(40-18(3)35)26(30(42-25)41-19(4)36)32-29(37)22-14-24(20-10-6-5-7-11-20)31-23-13-9-8-12-21(22)23/h5-14,25-28,30H,15H2,1-4H3,(H,32,37)/t25-,26+,27-,28+,30-/m0/s1. The van der Waals surface area contributed by atoms with Crippen molar-refractivity contribution in [1.29, 1.82) is 0 Å². The SMILES string of the molecule is CC(=O)OC[C@@H]1O[C@H](OC(C)=O)[C@H](NC(=O)c2cc(-c3ccccc3)nc3ccccc23)[C@@H](OC(C)=O)[C@H]1OC(C)=O. The molecule has 2 heterocycles. The second-order valence-electron chi connectivity index (χ2n) is 9.54. The first-order chi connectivity index (χ1) is 20.0. The fourth-order valence-electron chi connectivity index (χ4n) is 4.67. The molecule has 0 bridgehead atoms. The number of aromatic nitrogens is 1. The molecule has 1 amide bonds. The van der Waals surface area contributed by atoms with Crippen LogP contribution in [-0.2, 0) is 42.9 Å². The third-order valence-electron chi connectivity index (χ3n) is 6.31. The van der Waals surface area contributed by atoms with Gasteiger partial charge in [-0.1, -0.05) is 48.5 Å². The Balaban J connectivity index is 1.78. The zero-order valence-electron chi connectivity index (χ0n) is 23.4. The van der Waals surface area contributed by atoms with E-state index in [2.05, 4.69) is 5.32 Å². The summed E-state index contributed by atoms with van der Waals surface area (Å²) in [4.78, 5) is 66.5. The smallest absolute Gasteiger partial charge is 0.305 e. The van der Waals surface area contributed by atoms with Gasteiger partial charge in [0.05, 0.1) is 16.8 Å². The van der Waals surface area contributed by atoms with Crippen LogP contribution in [0.1, 0.15) is 38.1 Å². The van der Waals surface area contributed by atoms with Crippen LogP contribution in [-0.4, -0.2) is 72.0 Å². The first-order valence-corrected chi connectivity index (χ1v) is 13.1. The van der Waals surface area contributed by atoms with Crippen LogP contribution in [0.3, 0.4) is 0 Å². The number of carbonyl (C=O) groups excluding carboxylic acids is 5. The summed E-state index contributed by atoms with van der Waals surface area (Å²) < 4.78 is 27.3.